The number of nitrogens with one attached hydrogen (secondary N) is 1. The summed E-state index contributed by atoms with van der Waals surface area (Å²) in [5.74, 6) is -0.126. The van der Waals surface area contributed by atoms with Crippen LogP contribution in [0.5, 0.6) is 11.8 Å². The van der Waals surface area contributed by atoms with Crippen molar-refractivity contribution in [2.24, 2.45) is 5.14 Å². The molecule has 0 atom stereocenters. The summed E-state index contributed by atoms with van der Waals surface area (Å²) in [7, 11) is -9.90. The summed E-state index contributed by atoms with van der Waals surface area (Å²) in [5.41, 5.74) is -0.0928. The third-order valence-electron chi connectivity index (χ3n) is 12.6. The number of ether oxygens (including phenoxy) is 2. The topological polar surface area (TPSA) is 241 Å². The summed E-state index contributed by atoms with van der Waals surface area (Å²) < 4.78 is 62.7. The van der Waals surface area contributed by atoms with Gasteiger partial charge in [0.15, 0.2) is 11.6 Å². The van der Waals surface area contributed by atoms with Crippen molar-refractivity contribution >= 4 is 71.3 Å². The van der Waals surface area contributed by atoms with Gasteiger partial charge in [-0.25, -0.2) is 50.8 Å². The van der Waals surface area contributed by atoms with Gasteiger partial charge in [0.05, 0.1) is 50.3 Å². The Morgan fingerprint density at radius 1 is 0.652 bits per heavy atom. The van der Waals surface area contributed by atoms with Gasteiger partial charge in [0.2, 0.25) is 21.8 Å². The molecule has 0 bridgehead atoms. The van der Waals surface area contributed by atoms with Gasteiger partial charge in [-0.15, -0.1) is 10.2 Å². The lowest BCUT2D eigenvalue weighted by molar-refractivity contribution is 0.0696. The number of hydrogen-bond acceptors (Lipinski definition) is 12. The van der Waals surface area contributed by atoms with E-state index in [-0.39, 0.29) is 31.2 Å². The maximum absolute atomic E-state index is 12.5. The van der Waals surface area contributed by atoms with Crippen LogP contribution in [0.25, 0.3) is 11.6 Å². The van der Waals surface area contributed by atoms with E-state index in [1.807, 2.05) is 4.72 Å². The summed E-state index contributed by atoms with van der Waals surface area (Å²) in [6.45, 7) is 15.8. The van der Waals surface area contributed by atoms with Gasteiger partial charge in [-0.3, -0.25) is 4.79 Å². The van der Waals surface area contributed by atoms with E-state index in [9.17, 15) is 26.4 Å². The monoisotopic (exact) mass is 1050 g/mol. The van der Waals surface area contributed by atoms with Crippen molar-refractivity contribution in [3.63, 3.8) is 0 Å². The van der Waals surface area contributed by atoms with E-state index >= 15 is 0 Å². The molecule has 0 radical (unpaired) electrons. The van der Waals surface area contributed by atoms with E-state index in [0.717, 1.165) is 12.8 Å². The van der Waals surface area contributed by atoms with Crippen molar-refractivity contribution in [2.45, 2.75) is 97.7 Å². The molecule has 0 spiro atoms. The SMILES string of the molecule is C[Si](C)(C)C1(CCOc2ccn(-c3ccc(C(=O)NS(=O)(=O)c4ccccc4)c(Cl)n3)n2)CC1.C[Si](C)(C)C1(CCOc2ccn(-c3ccc(C(=O)O)c(Cl)n3)n2)CC1.NS(=O)(=O)c1ccccc1. The number of carboxylic acids is 1. The lowest BCUT2D eigenvalue weighted by Gasteiger charge is -2.28. The molecule has 4 heterocycles. The maximum atomic E-state index is 12.5. The number of hydrogen-bond donors (Lipinski definition) is 3. The number of carboxylic acid groups (broad SMARTS) is 1. The average Bonchev–Trinajstić information content (AvgIpc) is 4.16. The quantitative estimate of drug-likeness (QED) is 0.0571. The number of nitrogens with two attached hydrogens (primary N) is 1. The highest BCUT2D eigenvalue weighted by molar-refractivity contribution is 7.90. The molecule has 4 aromatic heterocycles. The third-order valence-corrected chi connectivity index (χ3v) is 23.4. The first kappa shape index (κ1) is 52.9. The highest BCUT2D eigenvalue weighted by atomic mass is 35.5. The van der Waals surface area contributed by atoms with Crippen LogP contribution in [0, 0.1) is 0 Å². The number of halogens is 2. The minimum absolute atomic E-state index is 0.0226. The lowest BCUT2D eigenvalue weighted by Crippen LogP contribution is -2.31. The van der Waals surface area contributed by atoms with E-state index in [1.165, 1.54) is 77.5 Å². The Kier molecular flexibility index (Phi) is 16.3. The zero-order chi connectivity index (χ0) is 50.4. The summed E-state index contributed by atoms with van der Waals surface area (Å²) in [4.78, 5) is 31.9. The zero-order valence-corrected chi connectivity index (χ0v) is 44.2. The molecule has 69 heavy (non-hydrogen) atoms. The Hall–Kier alpha value is -5.43. The van der Waals surface area contributed by atoms with Gasteiger partial charge < -0.3 is 14.6 Å². The number of carbonyl (C=O) groups is 2. The van der Waals surface area contributed by atoms with Crippen LogP contribution in [0.1, 0.15) is 59.2 Å². The van der Waals surface area contributed by atoms with Crippen LogP contribution >= 0.6 is 23.2 Å². The predicted molar refractivity (Wildman–Crippen MR) is 269 cm³/mol. The average molecular weight is 1060 g/mol. The fourth-order valence-corrected chi connectivity index (χ4v) is 14.6. The molecule has 2 aliphatic rings. The first-order chi connectivity index (χ1) is 32.3. The van der Waals surface area contributed by atoms with Gasteiger partial charge in [0, 0.05) is 24.5 Å². The van der Waals surface area contributed by atoms with Crippen molar-refractivity contribution in [1.82, 2.24) is 34.3 Å². The molecule has 17 nitrogen and oxygen atoms in total. The molecule has 0 saturated heterocycles. The van der Waals surface area contributed by atoms with Gasteiger partial charge >= 0.3 is 5.97 Å². The van der Waals surface area contributed by atoms with Crippen LogP contribution in [0.2, 0.25) is 59.7 Å². The summed E-state index contributed by atoms with van der Waals surface area (Å²) in [6, 6.07) is 25.0. The van der Waals surface area contributed by atoms with Crippen molar-refractivity contribution in [3.05, 3.63) is 131 Å². The second kappa shape index (κ2) is 21.3. The van der Waals surface area contributed by atoms with E-state index in [2.05, 4.69) is 59.4 Å². The van der Waals surface area contributed by atoms with Crippen LogP contribution in [0.3, 0.4) is 0 Å². The second-order valence-corrected chi connectivity index (χ2v) is 34.0. The van der Waals surface area contributed by atoms with Gasteiger partial charge in [-0.2, -0.15) is 0 Å². The molecule has 1 amide bonds. The lowest BCUT2D eigenvalue weighted by atomic mass is 10.3. The molecule has 0 aliphatic heterocycles. The Bertz CT molecular complexity index is 3000. The van der Waals surface area contributed by atoms with Crippen molar-refractivity contribution in [1.29, 1.82) is 0 Å². The molecular formula is C46H56Cl2N8O9S2Si2. The highest BCUT2D eigenvalue weighted by Crippen LogP contribution is 2.64. The number of nitrogens with zero attached hydrogens (tertiary/aromatic N) is 6. The summed E-state index contributed by atoms with van der Waals surface area (Å²) in [6.07, 6.45) is 10.7. The number of aromatic carboxylic acids is 1. The Morgan fingerprint density at radius 2 is 1.06 bits per heavy atom. The molecule has 6 aromatic rings. The fourth-order valence-electron chi connectivity index (χ4n) is 7.66. The smallest absolute Gasteiger partial charge is 0.338 e. The number of sulfonamides is 2. The van der Waals surface area contributed by atoms with Gasteiger partial charge in [0.25, 0.3) is 15.9 Å². The maximum Gasteiger partial charge on any atom is 0.338 e. The van der Waals surface area contributed by atoms with E-state index < -0.39 is 48.1 Å². The standard InChI is InChI=1S/C23H27ClN4O4SSi.C17H22ClN3O3Si.C6H7NO2S/c1-34(2,3)23(12-13-23)14-16-32-20-11-15-28(26-20)19-10-9-18(21(24)25-19)22(29)27-33(30,31)17-7-5-4-6-8-17;1-25(2,3)17(7-8-17)9-11-24-14-6-10-21(20-14)13-5-4-12(16(22)23)15(18)19-13;7-10(8,9)6-4-2-1-3-5-6/h4-11,15H,12-14,16H2,1-3H3,(H,27,29);4-6,10H,7-9,11H2,1-3H3,(H,22,23);1-5H,(H2,7,8,9). The Balaban J connectivity index is 0.000000195. The predicted octanol–water partition coefficient (Wildman–Crippen LogP) is 9.27. The number of primary sulfonamides is 1. The third kappa shape index (κ3) is 13.7. The van der Waals surface area contributed by atoms with Crippen LogP contribution in [-0.4, -0.2) is 92.7 Å². The zero-order valence-electron chi connectivity index (χ0n) is 39.1. The number of pyridine rings is 2. The van der Waals surface area contributed by atoms with Crippen molar-refractivity contribution in [2.75, 3.05) is 13.2 Å². The van der Waals surface area contributed by atoms with E-state index in [4.69, 9.17) is 42.9 Å². The fraction of sp³-hybridized carbons (Fsp3) is 0.348. The molecule has 2 fully saturated rings. The largest absolute Gasteiger partial charge is 0.478 e. The highest BCUT2D eigenvalue weighted by Gasteiger charge is 2.53. The van der Waals surface area contributed by atoms with Gasteiger partial charge in [-0.05, 0) is 97.1 Å². The first-order valence-corrected chi connectivity index (χ1v) is 32.8. The van der Waals surface area contributed by atoms with Crippen molar-refractivity contribution < 1.29 is 41.0 Å². The molecule has 0 unspecified atom stereocenters. The molecule has 368 valence electrons. The van der Waals surface area contributed by atoms with Crippen LogP contribution < -0.4 is 19.3 Å². The molecule has 4 N–H and O–H groups in total. The molecule has 2 saturated carbocycles. The van der Waals surface area contributed by atoms with E-state index in [0.29, 0.717) is 46.7 Å². The minimum Gasteiger partial charge on any atom is -0.478 e. The molecule has 8 rings (SSSR count). The van der Waals surface area contributed by atoms with Crippen LogP contribution in [-0.2, 0) is 20.0 Å². The summed E-state index contributed by atoms with van der Waals surface area (Å²) >= 11 is 12.1. The number of rotatable bonds is 17. The van der Waals surface area contributed by atoms with E-state index in [1.54, 1.807) is 67.0 Å². The van der Waals surface area contributed by atoms with Crippen LogP contribution in [0.4, 0.5) is 0 Å². The molecular weight excluding hydrogens is 1000 g/mol. The Morgan fingerprint density at radius 3 is 1.41 bits per heavy atom. The molecule has 2 aliphatic carbocycles. The number of amides is 1. The number of benzene rings is 2. The number of carbonyl (C=O) groups excluding carboxylic acids is 1. The minimum atomic E-state index is -4.03. The van der Waals surface area contributed by atoms with Gasteiger partial charge in [-0.1, -0.05) is 98.9 Å². The first-order valence-electron chi connectivity index (χ1n) is 22.0. The Labute approximate surface area is 414 Å². The normalized spacial score (nSPS) is 14.8. The van der Waals surface area contributed by atoms with Crippen LogP contribution in [0.15, 0.2) is 119 Å². The molecule has 23 heteroatoms. The number of aromatic nitrogens is 6. The molecule has 2 aromatic carbocycles. The summed E-state index contributed by atoms with van der Waals surface area (Å²) in [5, 5.41) is 23.4. The second-order valence-electron chi connectivity index (χ2n) is 18.9. The van der Waals surface area contributed by atoms with Crippen molar-refractivity contribution in [3.8, 4) is 23.4 Å². The van der Waals surface area contributed by atoms with Gasteiger partial charge in [0.1, 0.15) is 10.3 Å².